The van der Waals surface area contributed by atoms with E-state index in [0.717, 1.165) is 5.69 Å². The van der Waals surface area contributed by atoms with Crippen LogP contribution in [0.2, 0.25) is 0 Å². The van der Waals surface area contributed by atoms with Crippen molar-refractivity contribution in [3.8, 4) is 0 Å². The maximum absolute atomic E-state index is 4.42. The molecule has 1 heterocycles. The molecule has 1 atom stereocenters. The van der Waals surface area contributed by atoms with Crippen molar-refractivity contribution in [3.05, 3.63) is 65.5 Å². The largest absolute Gasteiger partial charge is 0.312 e. The fraction of sp³-hybridized carbons (Fsp3) is 0.353. The van der Waals surface area contributed by atoms with Gasteiger partial charge in [-0.2, -0.15) is 0 Å². The number of hydrogen-bond acceptors (Lipinski definition) is 2. The molecule has 0 fully saturated rings. The van der Waals surface area contributed by atoms with Crippen LogP contribution in [0.15, 0.2) is 48.7 Å². The summed E-state index contributed by atoms with van der Waals surface area (Å²) in [6, 6.07) is 15.1. The standard InChI is InChI=1S/C17H22N2/c1-13-10-11-14(12-19-13)16(18-4)17(2,3)15-8-6-5-7-9-15/h5-12,16,18H,1-4H3. The first-order valence-electron chi connectivity index (χ1n) is 6.71. The maximum Gasteiger partial charge on any atom is 0.0425 e. The zero-order chi connectivity index (χ0) is 13.9. The van der Waals surface area contributed by atoms with E-state index in [0.29, 0.717) is 0 Å². The Hall–Kier alpha value is -1.67. The van der Waals surface area contributed by atoms with E-state index in [9.17, 15) is 0 Å². The summed E-state index contributed by atoms with van der Waals surface area (Å²) in [6.07, 6.45) is 1.97. The third-order valence-electron chi connectivity index (χ3n) is 3.80. The highest BCUT2D eigenvalue weighted by atomic mass is 14.9. The molecule has 2 aromatic rings. The van der Waals surface area contributed by atoms with Crippen molar-refractivity contribution in [1.82, 2.24) is 10.3 Å². The van der Waals surface area contributed by atoms with Crippen LogP contribution in [0, 0.1) is 6.92 Å². The van der Waals surface area contributed by atoms with Crippen LogP contribution in [-0.2, 0) is 5.41 Å². The molecule has 2 heteroatoms. The molecular formula is C17H22N2. The number of benzene rings is 1. The van der Waals surface area contributed by atoms with Gasteiger partial charge in [-0.15, -0.1) is 0 Å². The van der Waals surface area contributed by atoms with Crippen molar-refractivity contribution >= 4 is 0 Å². The van der Waals surface area contributed by atoms with Crippen LogP contribution in [0.4, 0.5) is 0 Å². The van der Waals surface area contributed by atoms with Gasteiger partial charge >= 0.3 is 0 Å². The van der Waals surface area contributed by atoms with Gasteiger partial charge in [0.1, 0.15) is 0 Å². The van der Waals surface area contributed by atoms with E-state index in [1.807, 2.05) is 20.2 Å². The average Bonchev–Trinajstić information content (AvgIpc) is 2.42. The summed E-state index contributed by atoms with van der Waals surface area (Å²) in [5, 5.41) is 3.44. The summed E-state index contributed by atoms with van der Waals surface area (Å²) in [5.41, 5.74) is 3.61. The normalized spacial score (nSPS) is 13.3. The van der Waals surface area contributed by atoms with E-state index in [2.05, 4.69) is 66.6 Å². The van der Waals surface area contributed by atoms with Crippen molar-refractivity contribution < 1.29 is 0 Å². The third-order valence-corrected chi connectivity index (χ3v) is 3.80. The van der Waals surface area contributed by atoms with E-state index in [-0.39, 0.29) is 11.5 Å². The highest BCUT2D eigenvalue weighted by Crippen LogP contribution is 2.36. The van der Waals surface area contributed by atoms with E-state index < -0.39 is 0 Å². The van der Waals surface area contributed by atoms with Gasteiger partial charge in [0.25, 0.3) is 0 Å². The van der Waals surface area contributed by atoms with Crippen LogP contribution in [0.3, 0.4) is 0 Å². The number of nitrogens with one attached hydrogen (secondary N) is 1. The van der Waals surface area contributed by atoms with Gasteiger partial charge in [-0.1, -0.05) is 50.2 Å². The monoisotopic (exact) mass is 254 g/mol. The van der Waals surface area contributed by atoms with Crippen molar-refractivity contribution in [2.75, 3.05) is 7.05 Å². The van der Waals surface area contributed by atoms with Gasteiger partial charge in [-0.05, 0) is 31.2 Å². The van der Waals surface area contributed by atoms with E-state index in [1.54, 1.807) is 0 Å². The molecule has 1 N–H and O–H groups in total. The molecule has 1 aromatic carbocycles. The van der Waals surface area contributed by atoms with Crippen LogP contribution >= 0.6 is 0 Å². The van der Waals surface area contributed by atoms with E-state index in [1.165, 1.54) is 11.1 Å². The molecule has 2 rings (SSSR count). The molecule has 0 amide bonds. The first-order valence-corrected chi connectivity index (χ1v) is 6.71. The van der Waals surface area contributed by atoms with Crippen LogP contribution in [0.25, 0.3) is 0 Å². The molecule has 0 aliphatic carbocycles. The number of rotatable bonds is 4. The minimum absolute atomic E-state index is 0.00689. The van der Waals surface area contributed by atoms with Crippen LogP contribution in [-0.4, -0.2) is 12.0 Å². The minimum atomic E-state index is 0.00689. The molecule has 100 valence electrons. The molecule has 0 spiro atoms. The summed E-state index contributed by atoms with van der Waals surface area (Å²) < 4.78 is 0. The molecule has 1 aromatic heterocycles. The molecule has 19 heavy (non-hydrogen) atoms. The van der Waals surface area contributed by atoms with E-state index >= 15 is 0 Å². The van der Waals surface area contributed by atoms with Crippen molar-refractivity contribution in [3.63, 3.8) is 0 Å². The lowest BCUT2D eigenvalue weighted by atomic mass is 9.75. The van der Waals surface area contributed by atoms with Gasteiger partial charge in [0.15, 0.2) is 0 Å². The Morgan fingerprint density at radius 3 is 2.26 bits per heavy atom. The Morgan fingerprint density at radius 1 is 1.05 bits per heavy atom. The molecule has 0 radical (unpaired) electrons. The third kappa shape index (κ3) is 2.85. The molecule has 0 bridgehead atoms. The maximum atomic E-state index is 4.42. The molecular weight excluding hydrogens is 232 g/mol. The molecule has 0 saturated carbocycles. The summed E-state index contributed by atoms with van der Waals surface area (Å²) in [7, 11) is 2.01. The van der Waals surface area contributed by atoms with E-state index in [4.69, 9.17) is 0 Å². The lowest BCUT2D eigenvalue weighted by Crippen LogP contribution is -2.35. The molecule has 2 nitrogen and oxygen atoms in total. The molecule has 0 aliphatic heterocycles. The Bertz CT molecular complexity index is 515. The number of nitrogens with zero attached hydrogens (tertiary/aromatic N) is 1. The first kappa shape index (κ1) is 13.8. The quantitative estimate of drug-likeness (QED) is 0.901. The summed E-state index contributed by atoms with van der Waals surface area (Å²) in [5.74, 6) is 0. The molecule has 0 aliphatic rings. The SMILES string of the molecule is CNC(c1ccc(C)nc1)C(C)(C)c1ccccc1. The number of aromatic nitrogens is 1. The van der Waals surface area contributed by atoms with Gasteiger partial charge in [-0.3, -0.25) is 4.98 Å². The van der Waals surface area contributed by atoms with Gasteiger partial charge in [0, 0.05) is 23.3 Å². The number of likely N-dealkylation sites (N-methyl/N-ethyl adjacent to an activating group) is 1. The number of hydrogen-bond donors (Lipinski definition) is 1. The van der Waals surface area contributed by atoms with Gasteiger partial charge < -0.3 is 5.32 Å². The van der Waals surface area contributed by atoms with Crippen LogP contribution < -0.4 is 5.32 Å². The lowest BCUT2D eigenvalue weighted by Gasteiger charge is -2.35. The second kappa shape index (κ2) is 5.54. The Labute approximate surface area is 115 Å². The zero-order valence-corrected chi connectivity index (χ0v) is 12.1. The molecule has 1 unspecified atom stereocenters. The zero-order valence-electron chi connectivity index (χ0n) is 12.1. The fourth-order valence-electron chi connectivity index (χ4n) is 2.63. The fourth-order valence-corrected chi connectivity index (χ4v) is 2.63. The summed E-state index contributed by atoms with van der Waals surface area (Å²) >= 11 is 0. The predicted octanol–water partition coefficient (Wildman–Crippen LogP) is 3.63. The van der Waals surface area contributed by atoms with Gasteiger partial charge in [-0.25, -0.2) is 0 Å². The van der Waals surface area contributed by atoms with Gasteiger partial charge in [0.05, 0.1) is 0 Å². The summed E-state index contributed by atoms with van der Waals surface area (Å²) in [6.45, 7) is 6.55. The number of pyridine rings is 1. The van der Waals surface area contributed by atoms with Crippen LogP contribution in [0.1, 0.15) is 36.7 Å². The minimum Gasteiger partial charge on any atom is -0.312 e. The number of aryl methyl sites for hydroxylation is 1. The van der Waals surface area contributed by atoms with Crippen molar-refractivity contribution in [2.24, 2.45) is 0 Å². The Balaban J connectivity index is 2.38. The predicted molar refractivity (Wildman–Crippen MR) is 80.2 cm³/mol. The van der Waals surface area contributed by atoms with Crippen molar-refractivity contribution in [1.29, 1.82) is 0 Å². The second-order valence-corrected chi connectivity index (χ2v) is 5.54. The summed E-state index contributed by atoms with van der Waals surface area (Å²) in [4.78, 5) is 4.42. The van der Waals surface area contributed by atoms with Crippen LogP contribution in [0.5, 0.6) is 0 Å². The topological polar surface area (TPSA) is 24.9 Å². The van der Waals surface area contributed by atoms with Gasteiger partial charge in [0.2, 0.25) is 0 Å². The highest BCUT2D eigenvalue weighted by molar-refractivity contribution is 5.31. The Morgan fingerprint density at radius 2 is 1.74 bits per heavy atom. The smallest absolute Gasteiger partial charge is 0.0425 e. The second-order valence-electron chi connectivity index (χ2n) is 5.54. The Kier molecular flexibility index (Phi) is 4.01. The lowest BCUT2D eigenvalue weighted by molar-refractivity contribution is 0.368. The average molecular weight is 254 g/mol. The first-order chi connectivity index (χ1) is 9.05. The molecule has 0 saturated heterocycles. The highest BCUT2D eigenvalue weighted by Gasteiger charge is 2.31. The van der Waals surface area contributed by atoms with Crippen molar-refractivity contribution in [2.45, 2.75) is 32.2 Å².